The molecule has 1 saturated carbocycles. The molecule has 104 valence electrons. The number of rotatable bonds is 4. The minimum absolute atomic E-state index is 0.163. The number of hydrogen-bond donors (Lipinski definition) is 1. The Bertz CT molecular complexity index is 507. The van der Waals surface area contributed by atoms with Gasteiger partial charge in [0.2, 0.25) is 0 Å². The summed E-state index contributed by atoms with van der Waals surface area (Å²) in [6, 6.07) is 5.32. The lowest BCUT2D eigenvalue weighted by Gasteiger charge is -2.08. The number of nitrogens with zero attached hydrogens (tertiary/aromatic N) is 1. The average molecular weight is 262 g/mol. The van der Waals surface area contributed by atoms with Crippen molar-refractivity contribution in [2.45, 2.75) is 34.6 Å². The lowest BCUT2D eigenvalue weighted by Crippen LogP contribution is -2.09. The van der Waals surface area contributed by atoms with E-state index in [2.05, 4.69) is 33.0 Å². The quantitative estimate of drug-likeness (QED) is 0.659. The first kappa shape index (κ1) is 13.8. The molecule has 1 N–H and O–H groups in total. The predicted octanol–water partition coefficient (Wildman–Crippen LogP) is 4.00. The van der Waals surface area contributed by atoms with Crippen LogP contribution in [0.4, 0.5) is 11.4 Å². The normalized spacial score (nSPS) is 20.1. The zero-order valence-corrected chi connectivity index (χ0v) is 12.3. The van der Waals surface area contributed by atoms with E-state index in [4.69, 9.17) is 0 Å². The average Bonchev–Trinajstić information content (AvgIpc) is 2.68. The fraction of sp³-hybridized carbons (Fsp3) is 0.600. The molecular formula is C15H22N2O2. The number of nitro groups is 1. The van der Waals surface area contributed by atoms with E-state index in [-0.39, 0.29) is 10.6 Å². The summed E-state index contributed by atoms with van der Waals surface area (Å²) in [5.74, 6) is 0.543. The molecule has 0 amide bonds. The molecule has 0 heterocycles. The molecule has 0 atom stereocenters. The third-order valence-electron chi connectivity index (χ3n) is 5.17. The van der Waals surface area contributed by atoms with Gasteiger partial charge < -0.3 is 5.32 Å². The topological polar surface area (TPSA) is 55.2 Å². The van der Waals surface area contributed by atoms with Crippen LogP contribution in [0, 0.1) is 33.8 Å². The maximum Gasteiger partial charge on any atom is 0.292 e. The van der Waals surface area contributed by atoms with Crippen molar-refractivity contribution in [3.63, 3.8) is 0 Å². The molecular weight excluding hydrogens is 240 g/mol. The molecule has 1 fully saturated rings. The summed E-state index contributed by atoms with van der Waals surface area (Å²) in [4.78, 5) is 10.7. The van der Waals surface area contributed by atoms with Crippen LogP contribution in [0.15, 0.2) is 18.2 Å². The van der Waals surface area contributed by atoms with Crippen molar-refractivity contribution in [2.75, 3.05) is 11.9 Å². The van der Waals surface area contributed by atoms with Gasteiger partial charge >= 0.3 is 0 Å². The zero-order valence-electron chi connectivity index (χ0n) is 12.3. The lowest BCUT2D eigenvalue weighted by molar-refractivity contribution is -0.384. The molecule has 4 heteroatoms. The largest absolute Gasteiger partial charge is 0.379 e. The van der Waals surface area contributed by atoms with Gasteiger partial charge in [-0.05, 0) is 35.3 Å². The van der Waals surface area contributed by atoms with Crippen LogP contribution >= 0.6 is 0 Å². The Morgan fingerprint density at radius 3 is 2.32 bits per heavy atom. The fourth-order valence-corrected chi connectivity index (χ4v) is 3.00. The first-order chi connectivity index (χ1) is 8.68. The van der Waals surface area contributed by atoms with Crippen LogP contribution in [0.3, 0.4) is 0 Å². The van der Waals surface area contributed by atoms with Crippen LogP contribution in [-0.4, -0.2) is 11.5 Å². The summed E-state index contributed by atoms with van der Waals surface area (Å²) < 4.78 is 0. The van der Waals surface area contributed by atoms with Gasteiger partial charge in [0.05, 0.1) is 4.92 Å². The molecule has 0 spiro atoms. The second-order valence-corrected chi connectivity index (χ2v) is 6.65. The Balaban J connectivity index is 2.11. The van der Waals surface area contributed by atoms with Gasteiger partial charge in [0.15, 0.2) is 0 Å². The van der Waals surface area contributed by atoms with Crippen molar-refractivity contribution in [1.82, 2.24) is 0 Å². The van der Waals surface area contributed by atoms with E-state index < -0.39 is 0 Å². The zero-order chi connectivity index (χ0) is 14.4. The van der Waals surface area contributed by atoms with E-state index >= 15 is 0 Å². The molecule has 2 rings (SSSR count). The van der Waals surface area contributed by atoms with Gasteiger partial charge in [0.25, 0.3) is 5.69 Å². The van der Waals surface area contributed by atoms with E-state index in [9.17, 15) is 10.1 Å². The van der Waals surface area contributed by atoms with Crippen molar-refractivity contribution in [3.05, 3.63) is 33.9 Å². The first-order valence-electron chi connectivity index (χ1n) is 6.67. The maximum atomic E-state index is 11.1. The van der Waals surface area contributed by atoms with Crippen molar-refractivity contribution < 1.29 is 4.92 Å². The number of anilines is 1. The molecule has 1 aliphatic carbocycles. The number of hydrogen-bond acceptors (Lipinski definition) is 3. The number of benzene rings is 1. The van der Waals surface area contributed by atoms with Crippen LogP contribution in [0.1, 0.15) is 33.3 Å². The first-order valence-corrected chi connectivity index (χ1v) is 6.67. The number of nitrogens with one attached hydrogen (secondary N) is 1. The summed E-state index contributed by atoms with van der Waals surface area (Å²) in [5, 5.41) is 14.3. The van der Waals surface area contributed by atoms with Gasteiger partial charge in [-0.1, -0.05) is 33.8 Å². The molecule has 0 unspecified atom stereocenters. The van der Waals surface area contributed by atoms with Gasteiger partial charge in [-0.25, -0.2) is 0 Å². The SMILES string of the molecule is Cc1ccc(NCC2C(C)(C)C2(C)C)c([N+](=O)[O-])c1. The number of aryl methyl sites for hydroxylation is 1. The van der Waals surface area contributed by atoms with Crippen LogP contribution in [0.2, 0.25) is 0 Å². The van der Waals surface area contributed by atoms with Gasteiger partial charge in [-0.15, -0.1) is 0 Å². The van der Waals surface area contributed by atoms with Crippen molar-refractivity contribution in [3.8, 4) is 0 Å². The Labute approximate surface area is 114 Å². The molecule has 0 aromatic heterocycles. The van der Waals surface area contributed by atoms with Crippen molar-refractivity contribution in [1.29, 1.82) is 0 Å². The molecule has 19 heavy (non-hydrogen) atoms. The van der Waals surface area contributed by atoms with E-state index in [0.29, 0.717) is 22.4 Å². The van der Waals surface area contributed by atoms with Crippen molar-refractivity contribution in [2.24, 2.45) is 16.7 Å². The fourth-order valence-electron chi connectivity index (χ4n) is 3.00. The Morgan fingerprint density at radius 2 is 1.84 bits per heavy atom. The van der Waals surface area contributed by atoms with Crippen LogP contribution in [-0.2, 0) is 0 Å². The van der Waals surface area contributed by atoms with Crippen molar-refractivity contribution >= 4 is 11.4 Å². The predicted molar refractivity (Wildman–Crippen MR) is 77.4 cm³/mol. The minimum Gasteiger partial charge on any atom is -0.379 e. The minimum atomic E-state index is -0.321. The molecule has 1 aromatic carbocycles. The summed E-state index contributed by atoms with van der Waals surface area (Å²) >= 11 is 0. The van der Waals surface area contributed by atoms with E-state index in [0.717, 1.165) is 12.1 Å². The molecule has 0 aliphatic heterocycles. The summed E-state index contributed by atoms with van der Waals surface area (Å²) in [5.41, 5.74) is 2.27. The Kier molecular flexibility index (Phi) is 3.07. The molecule has 4 nitrogen and oxygen atoms in total. The van der Waals surface area contributed by atoms with Crippen LogP contribution in [0.25, 0.3) is 0 Å². The van der Waals surface area contributed by atoms with Crippen LogP contribution in [0.5, 0.6) is 0 Å². The Morgan fingerprint density at radius 1 is 1.26 bits per heavy atom. The summed E-state index contributed by atoms with van der Waals surface area (Å²) in [6.07, 6.45) is 0. The second kappa shape index (κ2) is 4.22. The third kappa shape index (κ3) is 2.20. The monoisotopic (exact) mass is 262 g/mol. The molecule has 1 aromatic rings. The highest BCUT2D eigenvalue weighted by Crippen LogP contribution is 2.68. The van der Waals surface area contributed by atoms with Gasteiger partial charge in [-0.3, -0.25) is 10.1 Å². The van der Waals surface area contributed by atoms with Gasteiger partial charge in [-0.2, -0.15) is 0 Å². The summed E-state index contributed by atoms with van der Waals surface area (Å²) in [6.45, 7) is 11.7. The smallest absolute Gasteiger partial charge is 0.292 e. The Hall–Kier alpha value is -1.58. The van der Waals surface area contributed by atoms with Gasteiger partial charge in [0, 0.05) is 12.6 Å². The highest BCUT2D eigenvalue weighted by atomic mass is 16.6. The van der Waals surface area contributed by atoms with E-state index in [1.807, 2.05) is 13.0 Å². The number of nitro benzene ring substituents is 1. The van der Waals surface area contributed by atoms with Crippen LogP contribution < -0.4 is 5.32 Å². The molecule has 0 radical (unpaired) electrons. The molecule has 0 saturated heterocycles. The maximum absolute atomic E-state index is 11.1. The third-order valence-corrected chi connectivity index (χ3v) is 5.17. The summed E-state index contributed by atoms with van der Waals surface area (Å²) in [7, 11) is 0. The second-order valence-electron chi connectivity index (χ2n) is 6.65. The standard InChI is InChI=1S/C15H22N2O2/c1-10-6-7-11(12(8-10)17(18)19)16-9-13-14(2,3)15(13,4)5/h6-8,13,16H,9H2,1-5H3. The molecule has 1 aliphatic rings. The van der Waals surface area contributed by atoms with Gasteiger partial charge in [0.1, 0.15) is 5.69 Å². The highest BCUT2D eigenvalue weighted by Gasteiger charge is 2.64. The van der Waals surface area contributed by atoms with E-state index in [1.54, 1.807) is 12.1 Å². The molecule has 0 bridgehead atoms. The van der Waals surface area contributed by atoms with E-state index in [1.165, 1.54) is 0 Å². The highest BCUT2D eigenvalue weighted by molar-refractivity contribution is 5.62. The lowest BCUT2D eigenvalue weighted by atomic mass is 10.0.